The Bertz CT molecular complexity index is 1340. The second-order valence-electron chi connectivity index (χ2n) is 9.93. The predicted molar refractivity (Wildman–Crippen MR) is 139 cm³/mol. The minimum atomic E-state index is -5.61. The molecular weight excluding hydrogens is 651 g/mol. The number of carbonyl (C=O) groups is 2. The minimum Gasteiger partial charge on any atom is -0.346 e. The van der Waals surface area contributed by atoms with Crippen LogP contribution in [-0.2, 0) is 21.7 Å². The topological polar surface area (TPSA) is 80.3 Å². The fourth-order valence-electron chi connectivity index (χ4n) is 4.01. The first-order valence-corrected chi connectivity index (χ1v) is 14.2. The summed E-state index contributed by atoms with van der Waals surface area (Å²) in [6.07, 6.45) is -10.6. The number of aryl methyl sites for hydroxylation is 1. The van der Waals surface area contributed by atoms with Crippen LogP contribution in [-0.4, -0.2) is 50.0 Å². The molecule has 13 heteroatoms. The molecule has 2 aromatic carbocycles. The Balaban J connectivity index is 2.43. The fourth-order valence-corrected chi connectivity index (χ4v) is 6.14. The molecule has 0 radical (unpaired) electrons. The van der Waals surface area contributed by atoms with Gasteiger partial charge in [-0.15, -0.1) is 0 Å². The number of hydrogen-bond donors (Lipinski definition) is 1. The Morgan fingerprint density at radius 3 is 1.97 bits per heavy atom. The van der Waals surface area contributed by atoms with Crippen LogP contribution in [0.5, 0.6) is 0 Å². The zero-order valence-electron chi connectivity index (χ0n) is 21.1. The highest BCUT2D eigenvalue weighted by Crippen LogP contribution is 2.51. The number of benzene rings is 2. The van der Waals surface area contributed by atoms with E-state index in [2.05, 4.69) is 5.32 Å². The highest BCUT2D eigenvalue weighted by molar-refractivity contribution is 14.1. The number of carbonyl (C=O) groups excluding carboxylic acids is 2. The molecule has 0 saturated carbocycles. The third kappa shape index (κ3) is 7.07. The molecule has 0 aromatic heterocycles. The maximum Gasteiger partial charge on any atom is 0.406 e. The molecule has 1 amide bonds. The van der Waals surface area contributed by atoms with E-state index in [1.54, 1.807) is 6.07 Å². The van der Waals surface area contributed by atoms with Gasteiger partial charge in [0.05, 0.1) is 11.3 Å². The summed E-state index contributed by atoms with van der Waals surface area (Å²) >= 11 is 1.84. The van der Waals surface area contributed by atoms with Crippen LogP contribution in [0.25, 0.3) is 0 Å². The first-order chi connectivity index (χ1) is 17.0. The summed E-state index contributed by atoms with van der Waals surface area (Å²) in [6, 6.07) is 6.96. The molecule has 0 atom stereocenters. The lowest BCUT2D eigenvalue weighted by Gasteiger charge is -2.34. The molecule has 2 rings (SSSR count). The van der Waals surface area contributed by atoms with Crippen molar-refractivity contribution in [2.45, 2.75) is 57.4 Å². The van der Waals surface area contributed by atoms with E-state index in [9.17, 15) is 44.3 Å². The molecule has 2 aromatic rings. The number of sulfone groups is 1. The third-order valence-corrected chi connectivity index (χ3v) is 8.17. The zero-order valence-corrected chi connectivity index (χ0v) is 24.0. The van der Waals surface area contributed by atoms with Gasteiger partial charge in [-0.25, -0.2) is 8.42 Å². The van der Waals surface area contributed by atoms with Gasteiger partial charge in [0.1, 0.15) is 9.84 Å². The standard InChI is InChI=1S/C25H26F6INO4S/c1-14-11-16(23(4,24(26,27)28)25(29,30)31)10-9-15(14)12-19(34)17-7-6-8-18(32)20(17)21(35)33-22(2,3)13-38(5,36)37/h6-11H,12-13H2,1-5H3,(H,33,35). The largest absolute Gasteiger partial charge is 0.406 e. The second kappa shape index (κ2) is 10.8. The molecule has 38 heavy (non-hydrogen) atoms. The van der Waals surface area contributed by atoms with Gasteiger partial charge >= 0.3 is 12.4 Å². The van der Waals surface area contributed by atoms with Crippen LogP contribution in [0.4, 0.5) is 26.3 Å². The van der Waals surface area contributed by atoms with Crippen molar-refractivity contribution in [3.8, 4) is 0 Å². The highest BCUT2D eigenvalue weighted by Gasteiger charge is 2.68. The van der Waals surface area contributed by atoms with E-state index >= 15 is 0 Å². The van der Waals surface area contributed by atoms with E-state index in [-0.39, 0.29) is 34.9 Å². The van der Waals surface area contributed by atoms with Crippen LogP contribution < -0.4 is 5.32 Å². The Kier molecular flexibility index (Phi) is 9.09. The van der Waals surface area contributed by atoms with E-state index in [4.69, 9.17) is 0 Å². The van der Waals surface area contributed by atoms with Gasteiger partial charge in [0.2, 0.25) is 0 Å². The van der Waals surface area contributed by atoms with E-state index in [1.807, 2.05) is 22.6 Å². The quantitative estimate of drug-likeness (QED) is 0.213. The number of halogens is 7. The lowest BCUT2D eigenvalue weighted by molar-refractivity contribution is -0.297. The molecular formula is C25H26F6INO4S. The van der Waals surface area contributed by atoms with Crippen molar-refractivity contribution in [2.24, 2.45) is 0 Å². The molecule has 0 heterocycles. The van der Waals surface area contributed by atoms with Crippen LogP contribution in [0.2, 0.25) is 0 Å². The van der Waals surface area contributed by atoms with Gasteiger partial charge in [-0.1, -0.05) is 30.3 Å². The van der Waals surface area contributed by atoms with Crippen LogP contribution in [0.3, 0.4) is 0 Å². The monoisotopic (exact) mass is 677 g/mol. The van der Waals surface area contributed by atoms with Crippen LogP contribution in [0, 0.1) is 10.5 Å². The van der Waals surface area contributed by atoms with E-state index < -0.39 is 56.8 Å². The molecule has 5 nitrogen and oxygen atoms in total. The van der Waals surface area contributed by atoms with Crippen molar-refractivity contribution in [3.05, 3.63) is 67.8 Å². The number of rotatable bonds is 8. The summed E-state index contributed by atoms with van der Waals surface area (Å²) in [6.45, 7) is 4.37. The third-order valence-electron chi connectivity index (χ3n) is 6.02. The molecule has 0 saturated heterocycles. The lowest BCUT2D eigenvalue weighted by atomic mass is 9.79. The fraction of sp³-hybridized carbons (Fsp3) is 0.440. The zero-order chi connectivity index (χ0) is 29.5. The van der Waals surface area contributed by atoms with Gasteiger partial charge in [0.25, 0.3) is 5.91 Å². The predicted octanol–water partition coefficient (Wildman–Crippen LogP) is 5.96. The van der Waals surface area contributed by atoms with Gasteiger partial charge < -0.3 is 5.32 Å². The molecule has 0 aliphatic rings. The molecule has 0 bridgehead atoms. The molecule has 0 aliphatic heterocycles. The van der Waals surface area contributed by atoms with E-state index in [0.717, 1.165) is 18.4 Å². The van der Waals surface area contributed by atoms with E-state index in [1.165, 1.54) is 32.9 Å². The molecule has 0 unspecified atom stereocenters. The van der Waals surface area contributed by atoms with Crippen LogP contribution in [0.15, 0.2) is 36.4 Å². The van der Waals surface area contributed by atoms with E-state index in [0.29, 0.717) is 9.64 Å². The van der Waals surface area contributed by atoms with Crippen molar-refractivity contribution in [1.29, 1.82) is 0 Å². The molecule has 0 fully saturated rings. The average Bonchev–Trinajstić information content (AvgIpc) is 2.70. The summed E-state index contributed by atoms with van der Waals surface area (Å²) in [5.74, 6) is -1.66. The van der Waals surface area contributed by atoms with Crippen molar-refractivity contribution < 1.29 is 44.3 Å². The van der Waals surface area contributed by atoms with Crippen LogP contribution >= 0.6 is 22.6 Å². The molecule has 210 valence electrons. The number of nitrogens with one attached hydrogen (secondary N) is 1. The summed E-state index contributed by atoms with van der Waals surface area (Å²) in [5, 5.41) is 2.60. The Labute approximate surface area is 230 Å². The molecule has 0 spiro atoms. The minimum absolute atomic E-state index is 0.0179. The Morgan fingerprint density at radius 2 is 1.50 bits per heavy atom. The highest BCUT2D eigenvalue weighted by atomic mass is 127. The van der Waals surface area contributed by atoms with Crippen LogP contribution in [0.1, 0.15) is 58.2 Å². The Hall–Kier alpha value is -2.16. The normalized spacial score (nSPS) is 13.4. The first kappa shape index (κ1) is 32.1. The van der Waals surface area contributed by atoms with Gasteiger partial charge in [-0.05, 0) is 73.0 Å². The second-order valence-corrected chi connectivity index (χ2v) is 13.2. The number of hydrogen-bond acceptors (Lipinski definition) is 4. The smallest absolute Gasteiger partial charge is 0.346 e. The lowest BCUT2D eigenvalue weighted by Crippen LogP contribution is -2.51. The maximum absolute atomic E-state index is 13.5. The van der Waals surface area contributed by atoms with Crippen molar-refractivity contribution in [1.82, 2.24) is 5.32 Å². The number of Topliss-reactive ketones (excluding diaryl/α,β-unsaturated/α-hetero) is 1. The summed E-state index contributed by atoms with van der Waals surface area (Å²) in [7, 11) is -3.45. The number of amides is 1. The first-order valence-electron chi connectivity index (χ1n) is 11.1. The number of ketones is 1. The number of alkyl halides is 6. The Morgan fingerprint density at radius 1 is 0.947 bits per heavy atom. The summed E-state index contributed by atoms with van der Waals surface area (Å²) in [4.78, 5) is 26.3. The summed E-state index contributed by atoms with van der Waals surface area (Å²) in [5.41, 5.74) is -6.09. The SMILES string of the molecule is Cc1cc(C(C)(C(F)(F)F)C(F)(F)F)ccc1CC(=O)c1cccc(I)c1C(=O)NC(C)(C)CS(C)(=O)=O. The van der Waals surface area contributed by atoms with Gasteiger partial charge in [-0.3, -0.25) is 9.59 Å². The average molecular weight is 677 g/mol. The van der Waals surface area contributed by atoms with Crippen molar-refractivity contribution in [3.63, 3.8) is 0 Å². The van der Waals surface area contributed by atoms with Gasteiger partial charge in [0, 0.05) is 27.3 Å². The van der Waals surface area contributed by atoms with Gasteiger partial charge in [0.15, 0.2) is 11.2 Å². The van der Waals surface area contributed by atoms with Gasteiger partial charge in [-0.2, -0.15) is 26.3 Å². The maximum atomic E-state index is 13.5. The van der Waals surface area contributed by atoms with Crippen molar-refractivity contribution in [2.75, 3.05) is 12.0 Å². The molecule has 0 aliphatic carbocycles. The molecule has 1 N–H and O–H groups in total. The van der Waals surface area contributed by atoms with Crippen molar-refractivity contribution >= 4 is 44.1 Å². The summed E-state index contributed by atoms with van der Waals surface area (Å²) < 4.78 is 105.